The molecule has 0 aromatic carbocycles. The monoisotopic (exact) mass is 388 g/mol. The maximum atomic E-state index is 3.97. The standard InChI is InChI=1S/C6H10N3.3C4H10N.Ti/c1-6(2,3)5-7-4-8-9-5;3*1-3-5-4-2;/h4H,1-3H3;3*3-4H2,1-2H3;/q4*-1;+4. The van der Waals surface area contributed by atoms with Gasteiger partial charge in [-0.1, -0.05) is 68.6 Å². The third-order valence-electron chi connectivity index (χ3n) is 2.40. The Morgan fingerprint density at radius 2 is 1.08 bits per heavy atom. The second kappa shape index (κ2) is 26.0. The summed E-state index contributed by atoms with van der Waals surface area (Å²) in [6.45, 7) is 24.3. The van der Waals surface area contributed by atoms with Gasteiger partial charge in [-0.3, -0.25) is 5.10 Å². The Morgan fingerprint density at radius 1 is 0.760 bits per heavy atom. The average Bonchev–Trinajstić information content (AvgIpc) is 3.06. The van der Waals surface area contributed by atoms with Crippen LogP contribution in [0.15, 0.2) is 6.33 Å². The fraction of sp³-hybridized carbons (Fsp3) is 0.889. The number of aromatic nitrogens is 3. The summed E-state index contributed by atoms with van der Waals surface area (Å²) in [6.07, 6.45) is 1.47. The first-order chi connectivity index (χ1) is 11.3. The Kier molecular flexibility index (Phi) is 33.7. The maximum Gasteiger partial charge on any atom is 4.00 e. The van der Waals surface area contributed by atoms with E-state index in [-0.39, 0.29) is 27.1 Å². The summed E-state index contributed by atoms with van der Waals surface area (Å²) in [4.78, 5) is 3.97. The number of hydrogen-bond acceptors (Lipinski definition) is 2. The Morgan fingerprint density at radius 3 is 1.16 bits per heavy atom. The van der Waals surface area contributed by atoms with Gasteiger partial charge in [0, 0.05) is 11.2 Å². The summed E-state index contributed by atoms with van der Waals surface area (Å²) in [5.74, 6) is 0.808. The number of nitrogens with zero attached hydrogens (tertiary/aromatic N) is 6. The second-order valence-corrected chi connectivity index (χ2v) is 5.60. The van der Waals surface area contributed by atoms with Gasteiger partial charge in [-0.05, 0) is 0 Å². The molecule has 1 heterocycles. The van der Waals surface area contributed by atoms with E-state index in [4.69, 9.17) is 0 Å². The summed E-state index contributed by atoms with van der Waals surface area (Å²) in [5.41, 5.74) is 0.0382. The average molecular weight is 388 g/mol. The molecule has 0 N–H and O–H groups in total. The minimum atomic E-state index is 0. The molecule has 0 fully saturated rings. The SMILES string of the molecule is CC(C)(C)c1nc[n-]n1.CC[N-]CC.CC[N-]CC.CC[N-]CC.[Ti+4]. The molecule has 1 rings (SSSR count). The van der Waals surface area contributed by atoms with Crippen LogP contribution in [-0.2, 0) is 27.1 Å². The van der Waals surface area contributed by atoms with Gasteiger partial charge in [-0.15, -0.1) is 0 Å². The van der Waals surface area contributed by atoms with Crippen LogP contribution in [0.5, 0.6) is 0 Å². The Bertz CT molecular complexity index is 279. The number of hydrogen-bond donors (Lipinski definition) is 0. The summed E-state index contributed by atoms with van der Waals surface area (Å²) in [7, 11) is 0. The van der Waals surface area contributed by atoms with Crippen molar-refractivity contribution in [2.24, 2.45) is 0 Å². The van der Waals surface area contributed by atoms with Crippen molar-refractivity contribution in [3.8, 4) is 0 Å². The molecular weight excluding hydrogens is 348 g/mol. The maximum absolute atomic E-state index is 3.97. The van der Waals surface area contributed by atoms with Crippen molar-refractivity contribution < 1.29 is 21.7 Å². The van der Waals surface area contributed by atoms with E-state index >= 15 is 0 Å². The third kappa shape index (κ3) is 31.9. The van der Waals surface area contributed by atoms with Gasteiger partial charge in [0.05, 0.1) is 0 Å². The van der Waals surface area contributed by atoms with Gasteiger partial charge in [0.1, 0.15) is 0 Å². The fourth-order valence-corrected chi connectivity index (χ4v) is 1.20. The molecule has 1 aromatic rings. The quantitative estimate of drug-likeness (QED) is 0.648. The Labute approximate surface area is 172 Å². The summed E-state index contributed by atoms with van der Waals surface area (Å²) in [6, 6.07) is 0. The minimum absolute atomic E-state index is 0. The molecule has 0 aliphatic rings. The molecule has 25 heavy (non-hydrogen) atoms. The zero-order valence-corrected chi connectivity index (χ0v) is 19.6. The summed E-state index contributed by atoms with van der Waals surface area (Å²) in [5, 5.41) is 19.4. The first-order valence-corrected chi connectivity index (χ1v) is 9.05. The largest absolute Gasteiger partial charge is 4.00 e. The van der Waals surface area contributed by atoms with Crippen molar-refractivity contribution in [3.63, 3.8) is 0 Å². The van der Waals surface area contributed by atoms with Gasteiger partial charge in [0.2, 0.25) is 0 Å². The Balaban J connectivity index is -0.000000122. The van der Waals surface area contributed by atoms with Crippen molar-refractivity contribution in [1.29, 1.82) is 0 Å². The predicted octanol–water partition coefficient (Wildman–Crippen LogP) is 4.93. The van der Waals surface area contributed by atoms with Crippen LogP contribution in [0.4, 0.5) is 0 Å². The van der Waals surface area contributed by atoms with Gasteiger partial charge in [-0.2, -0.15) is 39.3 Å². The van der Waals surface area contributed by atoms with Crippen LogP contribution >= 0.6 is 0 Å². The van der Waals surface area contributed by atoms with Gasteiger partial charge >= 0.3 is 21.7 Å². The van der Waals surface area contributed by atoms with Crippen LogP contribution in [0.3, 0.4) is 0 Å². The van der Waals surface area contributed by atoms with Gasteiger partial charge < -0.3 is 26.0 Å². The van der Waals surface area contributed by atoms with Crippen molar-refractivity contribution in [2.45, 2.75) is 67.7 Å². The van der Waals surface area contributed by atoms with E-state index in [1.165, 1.54) is 6.33 Å². The second-order valence-electron chi connectivity index (χ2n) is 5.60. The Hall–Kier alpha value is -0.266. The molecular formula is C18H40N6Ti. The first-order valence-electron chi connectivity index (χ1n) is 9.05. The molecule has 0 unspecified atom stereocenters. The van der Waals surface area contributed by atoms with Crippen LogP contribution in [0.25, 0.3) is 16.0 Å². The van der Waals surface area contributed by atoms with Gasteiger partial charge in [-0.25, -0.2) is 0 Å². The summed E-state index contributed by atoms with van der Waals surface area (Å²) >= 11 is 0. The molecule has 0 radical (unpaired) electrons. The van der Waals surface area contributed by atoms with E-state index in [1.807, 2.05) is 41.5 Å². The molecule has 6 nitrogen and oxygen atoms in total. The van der Waals surface area contributed by atoms with Crippen LogP contribution in [-0.4, -0.2) is 49.4 Å². The van der Waals surface area contributed by atoms with Crippen LogP contribution in [0, 0.1) is 0 Å². The third-order valence-corrected chi connectivity index (χ3v) is 2.40. The normalized spacial score (nSPS) is 9.32. The molecule has 0 saturated carbocycles. The van der Waals surface area contributed by atoms with Crippen molar-refractivity contribution in [3.05, 3.63) is 28.1 Å². The van der Waals surface area contributed by atoms with E-state index in [1.54, 1.807) is 0 Å². The van der Waals surface area contributed by atoms with Gasteiger partial charge in [0.25, 0.3) is 0 Å². The molecule has 0 atom stereocenters. The van der Waals surface area contributed by atoms with Crippen LogP contribution < -0.4 is 5.10 Å². The molecule has 0 aliphatic heterocycles. The van der Waals surface area contributed by atoms with E-state index < -0.39 is 0 Å². The zero-order chi connectivity index (χ0) is 19.3. The minimum Gasteiger partial charge on any atom is -0.663 e. The van der Waals surface area contributed by atoms with E-state index in [2.05, 4.69) is 51.9 Å². The molecule has 0 aliphatic carbocycles. The zero-order valence-electron chi connectivity index (χ0n) is 18.0. The fourth-order valence-electron chi connectivity index (χ4n) is 1.20. The topological polar surface area (TPSA) is 82.2 Å². The van der Waals surface area contributed by atoms with Crippen molar-refractivity contribution in [2.75, 3.05) is 39.3 Å². The molecule has 0 spiro atoms. The smallest absolute Gasteiger partial charge is 0.663 e. The van der Waals surface area contributed by atoms with E-state index in [0.717, 1.165) is 45.1 Å². The predicted molar refractivity (Wildman–Crippen MR) is 107 cm³/mol. The molecule has 0 bridgehead atoms. The van der Waals surface area contributed by atoms with E-state index in [9.17, 15) is 0 Å². The molecule has 1 aromatic heterocycles. The van der Waals surface area contributed by atoms with E-state index in [0.29, 0.717) is 0 Å². The summed E-state index contributed by atoms with van der Waals surface area (Å²) < 4.78 is 0. The van der Waals surface area contributed by atoms with Crippen molar-refractivity contribution in [1.82, 2.24) is 15.2 Å². The van der Waals surface area contributed by atoms with Crippen molar-refractivity contribution >= 4 is 0 Å². The molecule has 146 valence electrons. The molecule has 0 amide bonds. The van der Waals surface area contributed by atoms with Crippen LogP contribution in [0.2, 0.25) is 0 Å². The van der Waals surface area contributed by atoms with Gasteiger partial charge in [0.15, 0.2) is 0 Å². The molecule has 7 heteroatoms. The number of rotatable bonds is 6. The molecule has 0 saturated heterocycles. The van der Waals surface area contributed by atoms with Crippen LogP contribution in [0.1, 0.15) is 68.1 Å². The first kappa shape index (κ1) is 32.4.